The van der Waals surface area contributed by atoms with Gasteiger partial charge in [-0.2, -0.15) is 5.10 Å². The summed E-state index contributed by atoms with van der Waals surface area (Å²) in [5.41, 5.74) is 2.46. The first-order valence-corrected chi connectivity index (χ1v) is 8.66. The highest BCUT2D eigenvalue weighted by atomic mass is 19.1. The zero-order valence-electron chi connectivity index (χ0n) is 15.3. The molecule has 0 fully saturated rings. The number of hydrogen-bond acceptors (Lipinski definition) is 4. The molecule has 0 unspecified atom stereocenters. The van der Waals surface area contributed by atoms with Gasteiger partial charge in [-0.05, 0) is 55.5 Å². The molecule has 2 heterocycles. The molecule has 0 aliphatic rings. The highest BCUT2D eigenvalue weighted by molar-refractivity contribution is 6.07. The zero-order chi connectivity index (χ0) is 19.7. The molecule has 0 aliphatic carbocycles. The van der Waals surface area contributed by atoms with E-state index in [2.05, 4.69) is 5.10 Å². The van der Waals surface area contributed by atoms with Crippen molar-refractivity contribution >= 4 is 22.8 Å². The Kier molecular flexibility index (Phi) is 4.53. The quantitative estimate of drug-likeness (QED) is 0.364. The fraction of sp³-hybridized carbons (Fsp3) is 0.0909. The number of carbonyl (C=O) groups is 1. The maximum atomic E-state index is 13.1. The SMILES string of the molecule is COc1cccc2cc(C=CC(=O)c3cnn(-c4ccc(F)cc4)c3C)oc12. The Hall–Kier alpha value is -3.67. The van der Waals surface area contributed by atoms with Gasteiger partial charge in [0.05, 0.1) is 30.3 Å². The van der Waals surface area contributed by atoms with Crippen LogP contribution in [0.5, 0.6) is 5.75 Å². The Balaban J connectivity index is 1.60. The van der Waals surface area contributed by atoms with Crippen LogP contribution in [0.3, 0.4) is 0 Å². The van der Waals surface area contributed by atoms with E-state index in [1.165, 1.54) is 24.4 Å². The van der Waals surface area contributed by atoms with Gasteiger partial charge in [-0.25, -0.2) is 9.07 Å². The van der Waals surface area contributed by atoms with E-state index >= 15 is 0 Å². The lowest BCUT2D eigenvalue weighted by molar-refractivity contribution is 0.104. The summed E-state index contributed by atoms with van der Waals surface area (Å²) in [6.45, 7) is 1.80. The number of ether oxygens (including phenoxy) is 1. The summed E-state index contributed by atoms with van der Waals surface area (Å²) in [5, 5.41) is 5.14. The number of hydrogen-bond donors (Lipinski definition) is 0. The molecular weight excluding hydrogens is 359 g/mol. The Morgan fingerprint density at radius 1 is 1.21 bits per heavy atom. The molecule has 2 aromatic heterocycles. The van der Waals surface area contributed by atoms with E-state index < -0.39 is 0 Å². The zero-order valence-corrected chi connectivity index (χ0v) is 15.3. The number of carbonyl (C=O) groups excluding carboxylic acids is 1. The lowest BCUT2D eigenvalue weighted by atomic mass is 10.1. The highest BCUT2D eigenvalue weighted by Crippen LogP contribution is 2.29. The summed E-state index contributed by atoms with van der Waals surface area (Å²) < 4.78 is 25.8. The third-order valence-electron chi connectivity index (χ3n) is 4.49. The second kappa shape index (κ2) is 7.15. The van der Waals surface area contributed by atoms with Crippen LogP contribution < -0.4 is 4.74 Å². The van der Waals surface area contributed by atoms with Gasteiger partial charge in [-0.3, -0.25) is 4.79 Å². The highest BCUT2D eigenvalue weighted by Gasteiger charge is 2.14. The smallest absolute Gasteiger partial charge is 0.189 e. The Morgan fingerprint density at radius 3 is 2.75 bits per heavy atom. The van der Waals surface area contributed by atoms with E-state index in [1.54, 1.807) is 36.9 Å². The average molecular weight is 376 g/mol. The molecule has 2 aromatic carbocycles. The van der Waals surface area contributed by atoms with Crippen LogP contribution in [0.2, 0.25) is 0 Å². The predicted octanol–water partition coefficient (Wildman–Crippen LogP) is 4.97. The fourth-order valence-corrected chi connectivity index (χ4v) is 3.04. The van der Waals surface area contributed by atoms with Crippen molar-refractivity contribution in [3.63, 3.8) is 0 Å². The molecule has 28 heavy (non-hydrogen) atoms. The third-order valence-corrected chi connectivity index (χ3v) is 4.49. The average Bonchev–Trinajstić information content (AvgIpc) is 3.30. The van der Waals surface area contributed by atoms with Gasteiger partial charge < -0.3 is 9.15 Å². The number of para-hydroxylation sites is 1. The van der Waals surface area contributed by atoms with Crippen molar-refractivity contribution in [1.29, 1.82) is 0 Å². The van der Waals surface area contributed by atoms with Gasteiger partial charge in [0.1, 0.15) is 11.6 Å². The van der Waals surface area contributed by atoms with Crippen LogP contribution in [0.1, 0.15) is 21.8 Å². The van der Waals surface area contributed by atoms with Crippen molar-refractivity contribution in [3.05, 3.63) is 83.6 Å². The van der Waals surface area contributed by atoms with E-state index in [1.807, 2.05) is 24.3 Å². The van der Waals surface area contributed by atoms with Gasteiger partial charge in [0.15, 0.2) is 17.1 Å². The normalized spacial score (nSPS) is 11.4. The Morgan fingerprint density at radius 2 is 2.00 bits per heavy atom. The van der Waals surface area contributed by atoms with Gasteiger partial charge in [0.25, 0.3) is 0 Å². The maximum Gasteiger partial charge on any atom is 0.189 e. The predicted molar refractivity (Wildman–Crippen MR) is 104 cm³/mol. The Bertz CT molecular complexity index is 1190. The molecule has 0 bridgehead atoms. The van der Waals surface area contributed by atoms with Gasteiger partial charge >= 0.3 is 0 Å². The van der Waals surface area contributed by atoms with E-state index in [0.717, 1.165) is 5.39 Å². The molecule has 6 heteroatoms. The number of halogens is 1. The molecule has 0 radical (unpaired) electrons. The number of rotatable bonds is 5. The summed E-state index contributed by atoms with van der Waals surface area (Å²) in [6, 6.07) is 13.4. The molecule has 0 saturated carbocycles. The van der Waals surface area contributed by atoms with Crippen molar-refractivity contribution in [2.24, 2.45) is 0 Å². The molecule has 0 atom stereocenters. The van der Waals surface area contributed by atoms with Crippen LogP contribution in [0.15, 0.2) is 65.2 Å². The summed E-state index contributed by atoms with van der Waals surface area (Å²) in [6.07, 6.45) is 4.58. The number of allylic oxidation sites excluding steroid dienone is 1. The topological polar surface area (TPSA) is 57.3 Å². The molecule has 0 N–H and O–H groups in total. The molecule has 140 valence electrons. The van der Waals surface area contributed by atoms with Crippen LogP contribution in [-0.4, -0.2) is 22.7 Å². The molecule has 0 aliphatic heterocycles. The van der Waals surface area contributed by atoms with Gasteiger partial charge in [0.2, 0.25) is 0 Å². The van der Waals surface area contributed by atoms with Gasteiger partial charge in [-0.1, -0.05) is 12.1 Å². The number of nitrogens with zero attached hydrogens (tertiary/aromatic N) is 2. The fourth-order valence-electron chi connectivity index (χ4n) is 3.04. The molecule has 5 nitrogen and oxygen atoms in total. The lowest BCUT2D eigenvalue weighted by Gasteiger charge is -2.04. The molecule has 0 saturated heterocycles. The Labute approximate surface area is 160 Å². The van der Waals surface area contributed by atoms with Crippen LogP contribution in [0.4, 0.5) is 4.39 Å². The maximum absolute atomic E-state index is 13.1. The lowest BCUT2D eigenvalue weighted by Crippen LogP contribution is -2.01. The monoisotopic (exact) mass is 376 g/mol. The molecule has 4 rings (SSSR count). The van der Waals surface area contributed by atoms with Crippen molar-refractivity contribution in [2.45, 2.75) is 6.92 Å². The van der Waals surface area contributed by atoms with E-state index in [-0.39, 0.29) is 11.6 Å². The summed E-state index contributed by atoms with van der Waals surface area (Å²) in [4.78, 5) is 12.6. The van der Waals surface area contributed by atoms with Crippen LogP contribution in [0, 0.1) is 12.7 Å². The van der Waals surface area contributed by atoms with Crippen LogP contribution >= 0.6 is 0 Å². The third kappa shape index (κ3) is 3.20. The first-order chi connectivity index (χ1) is 13.6. The number of aromatic nitrogens is 2. The van der Waals surface area contributed by atoms with E-state index in [4.69, 9.17) is 9.15 Å². The van der Waals surface area contributed by atoms with E-state index in [9.17, 15) is 9.18 Å². The summed E-state index contributed by atoms with van der Waals surface area (Å²) in [5.74, 6) is 0.671. The first-order valence-electron chi connectivity index (χ1n) is 8.66. The second-order valence-electron chi connectivity index (χ2n) is 6.26. The number of fused-ring (bicyclic) bond motifs is 1. The first kappa shape index (κ1) is 17.7. The number of ketones is 1. The summed E-state index contributed by atoms with van der Waals surface area (Å²) >= 11 is 0. The van der Waals surface area contributed by atoms with Crippen molar-refractivity contribution in [2.75, 3.05) is 7.11 Å². The van der Waals surface area contributed by atoms with E-state index in [0.29, 0.717) is 34.0 Å². The van der Waals surface area contributed by atoms with Crippen LogP contribution in [-0.2, 0) is 0 Å². The van der Waals surface area contributed by atoms with Crippen molar-refractivity contribution < 1.29 is 18.3 Å². The molecule has 4 aromatic rings. The molecular formula is C22H17FN2O3. The summed E-state index contributed by atoms with van der Waals surface area (Å²) in [7, 11) is 1.58. The van der Waals surface area contributed by atoms with Crippen molar-refractivity contribution in [1.82, 2.24) is 9.78 Å². The minimum Gasteiger partial charge on any atom is -0.493 e. The molecule has 0 amide bonds. The van der Waals surface area contributed by atoms with Crippen molar-refractivity contribution in [3.8, 4) is 11.4 Å². The second-order valence-corrected chi connectivity index (χ2v) is 6.26. The number of furan rings is 1. The number of methoxy groups -OCH3 is 1. The minimum absolute atomic E-state index is 0.196. The van der Waals surface area contributed by atoms with Crippen LogP contribution in [0.25, 0.3) is 22.7 Å². The molecule has 0 spiro atoms. The van der Waals surface area contributed by atoms with Gasteiger partial charge in [-0.15, -0.1) is 0 Å². The minimum atomic E-state index is -0.324. The number of benzene rings is 2. The largest absolute Gasteiger partial charge is 0.493 e. The van der Waals surface area contributed by atoms with Gasteiger partial charge in [0, 0.05) is 5.39 Å². The standard InChI is InChI=1S/C22H17FN2O3/c1-14-19(13-24-25(14)17-8-6-16(23)7-9-17)20(26)11-10-18-12-15-4-3-5-21(27-2)22(15)28-18/h3-13H,1-2H3.